The number of likely N-dealkylation sites (tertiary alicyclic amines) is 1. The molecule has 0 bridgehead atoms. The van der Waals surface area contributed by atoms with Crippen molar-refractivity contribution >= 4 is 6.03 Å². The highest BCUT2D eigenvalue weighted by molar-refractivity contribution is 5.75. The fourth-order valence-electron chi connectivity index (χ4n) is 3.96. The fraction of sp³-hybridized carbons (Fsp3) is 0.765. The van der Waals surface area contributed by atoms with Crippen LogP contribution in [0.1, 0.15) is 39.7 Å². The van der Waals surface area contributed by atoms with Crippen molar-refractivity contribution in [1.29, 1.82) is 0 Å². The third kappa shape index (κ3) is 3.52. The van der Waals surface area contributed by atoms with Crippen LogP contribution in [0.2, 0.25) is 0 Å². The maximum atomic E-state index is 12.4. The predicted molar refractivity (Wildman–Crippen MR) is 88.1 cm³/mol. The van der Waals surface area contributed by atoms with Crippen LogP contribution >= 0.6 is 0 Å². The first-order valence-electron chi connectivity index (χ1n) is 8.46. The van der Waals surface area contributed by atoms with Crippen molar-refractivity contribution in [2.45, 2.75) is 51.3 Å². The Morgan fingerprint density at radius 1 is 1.26 bits per heavy atom. The second-order valence-electron chi connectivity index (χ2n) is 7.90. The third-order valence-corrected chi connectivity index (χ3v) is 5.02. The average Bonchev–Trinajstić information content (AvgIpc) is 3.12. The van der Waals surface area contributed by atoms with Crippen molar-refractivity contribution in [2.75, 3.05) is 20.2 Å². The van der Waals surface area contributed by atoms with E-state index in [1.807, 2.05) is 48.8 Å². The summed E-state index contributed by atoms with van der Waals surface area (Å²) < 4.78 is 7.75. The molecule has 1 saturated carbocycles. The Balaban J connectivity index is 1.68. The molecule has 2 heterocycles. The van der Waals surface area contributed by atoms with Gasteiger partial charge in [-0.2, -0.15) is 5.10 Å². The molecule has 2 fully saturated rings. The molecular weight excluding hydrogens is 292 g/mol. The molecule has 1 aliphatic carbocycles. The van der Waals surface area contributed by atoms with Crippen molar-refractivity contribution in [3.05, 3.63) is 18.5 Å². The molecule has 1 aromatic rings. The van der Waals surface area contributed by atoms with Gasteiger partial charge in [0.15, 0.2) is 0 Å². The number of aromatic nitrogens is 2. The van der Waals surface area contributed by atoms with Gasteiger partial charge in [-0.25, -0.2) is 4.79 Å². The molecule has 0 aromatic carbocycles. The molecule has 3 rings (SSSR count). The van der Waals surface area contributed by atoms with Crippen LogP contribution in [0.15, 0.2) is 18.5 Å². The molecule has 2 aliphatic rings. The number of carbonyl (C=O) groups is 1. The summed E-state index contributed by atoms with van der Waals surface area (Å²) in [5, 5.41) is 7.47. The smallest absolute Gasteiger partial charge is 0.317 e. The molecule has 6 heteroatoms. The van der Waals surface area contributed by atoms with Gasteiger partial charge in [-0.05, 0) is 51.5 Å². The standard InChI is InChI=1S/C17H28N4O2/c1-17(2,3)19-16(22)20-10-12-8-14(21-7-5-6-18-21)15(23-4)9-13(12)11-20/h5-7,12-15H,8-11H2,1-4H3,(H,19,22)/t12-,13+,14-,15-/m0/s1. The summed E-state index contributed by atoms with van der Waals surface area (Å²) in [5.74, 6) is 1.05. The van der Waals surface area contributed by atoms with Crippen LogP contribution < -0.4 is 5.32 Å². The van der Waals surface area contributed by atoms with Gasteiger partial charge in [-0.3, -0.25) is 4.68 Å². The molecule has 1 saturated heterocycles. The Labute approximate surface area is 138 Å². The second-order valence-corrected chi connectivity index (χ2v) is 7.90. The summed E-state index contributed by atoms with van der Waals surface area (Å²) in [6, 6.07) is 2.27. The number of fused-ring (bicyclic) bond motifs is 1. The lowest BCUT2D eigenvalue weighted by molar-refractivity contribution is -0.00485. The first-order valence-corrected chi connectivity index (χ1v) is 8.46. The van der Waals surface area contributed by atoms with Gasteiger partial charge in [0.1, 0.15) is 0 Å². The van der Waals surface area contributed by atoms with Crippen molar-refractivity contribution < 1.29 is 9.53 Å². The largest absolute Gasteiger partial charge is 0.379 e. The zero-order chi connectivity index (χ0) is 16.6. The maximum absolute atomic E-state index is 12.4. The summed E-state index contributed by atoms with van der Waals surface area (Å²) in [5.41, 5.74) is -0.197. The van der Waals surface area contributed by atoms with E-state index in [0.29, 0.717) is 11.8 Å². The lowest BCUT2D eigenvalue weighted by atomic mass is 9.77. The van der Waals surface area contributed by atoms with Gasteiger partial charge in [0.2, 0.25) is 0 Å². The highest BCUT2D eigenvalue weighted by atomic mass is 16.5. The number of hydrogen-bond donors (Lipinski definition) is 1. The Hall–Kier alpha value is -1.56. The van der Waals surface area contributed by atoms with Gasteiger partial charge in [-0.1, -0.05) is 0 Å². The van der Waals surface area contributed by atoms with E-state index in [-0.39, 0.29) is 23.7 Å². The maximum Gasteiger partial charge on any atom is 0.317 e. The Bertz CT molecular complexity index is 537. The van der Waals surface area contributed by atoms with Gasteiger partial charge in [-0.15, -0.1) is 0 Å². The predicted octanol–water partition coefficient (Wildman–Crippen LogP) is 2.29. The Morgan fingerprint density at radius 2 is 1.96 bits per heavy atom. The summed E-state index contributed by atoms with van der Waals surface area (Å²) in [6.45, 7) is 7.72. The fourth-order valence-corrected chi connectivity index (χ4v) is 3.96. The molecule has 0 spiro atoms. The molecule has 1 N–H and O–H groups in total. The van der Waals surface area contributed by atoms with E-state index in [2.05, 4.69) is 10.4 Å². The summed E-state index contributed by atoms with van der Waals surface area (Å²) in [4.78, 5) is 14.4. The summed E-state index contributed by atoms with van der Waals surface area (Å²) in [6.07, 6.45) is 6.00. The van der Waals surface area contributed by atoms with Crippen LogP contribution in [0.3, 0.4) is 0 Å². The van der Waals surface area contributed by atoms with Crippen LogP contribution in [0, 0.1) is 11.8 Å². The van der Waals surface area contributed by atoms with Gasteiger partial charge in [0.05, 0.1) is 12.1 Å². The van der Waals surface area contributed by atoms with Crippen LogP contribution in [-0.2, 0) is 4.74 Å². The molecule has 6 nitrogen and oxygen atoms in total. The monoisotopic (exact) mass is 320 g/mol. The quantitative estimate of drug-likeness (QED) is 0.909. The lowest BCUT2D eigenvalue weighted by Crippen LogP contribution is -2.47. The van der Waals surface area contributed by atoms with Gasteiger partial charge in [0, 0.05) is 38.1 Å². The van der Waals surface area contributed by atoms with Gasteiger partial charge >= 0.3 is 6.03 Å². The number of hydrogen-bond acceptors (Lipinski definition) is 3. The number of nitrogens with zero attached hydrogens (tertiary/aromatic N) is 3. The van der Waals surface area contributed by atoms with Crippen molar-refractivity contribution in [1.82, 2.24) is 20.0 Å². The topological polar surface area (TPSA) is 59.4 Å². The van der Waals surface area contributed by atoms with E-state index < -0.39 is 0 Å². The van der Waals surface area contributed by atoms with E-state index in [1.165, 1.54) is 0 Å². The lowest BCUT2D eigenvalue weighted by Gasteiger charge is -2.37. The van der Waals surface area contributed by atoms with Crippen molar-refractivity contribution in [3.63, 3.8) is 0 Å². The molecule has 2 amide bonds. The van der Waals surface area contributed by atoms with Crippen molar-refractivity contribution in [2.24, 2.45) is 11.8 Å². The summed E-state index contributed by atoms with van der Waals surface area (Å²) >= 11 is 0. The van der Waals surface area contributed by atoms with Crippen LogP contribution in [0.25, 0.3) is 0 Å². The average molecular weight is 320 g/mol. The SMILES string of the molecule is CO[C@H]1C[C@@H]2CN(C(=O)NC(C)(C)C)C[C@@H]2C[C@@H]1n1cccn1. The van der Waals surface area contributed by atoms with E-state index in [1.54, 1.807) is 7.11 Å². The summed E-state index contributed by atoms with van der Waals surface area (Å²) in [7, 11) is 1.78. The molecule has 4 atom stereocenters. The van der Waals surface area contributed by atoms with E-state index in [4.69, 9.17) is 4.74 Å². The Morgan fingerprint density at radius 3 is 2.52 bits per heavy atom. The minimum atomic E-state index is -0.197. The highest BCUT2D eigenvalue weighted by Crippen LogP contribution is 2.42. The van der Waals surface area contributed by atoms with Gasteiger partial charge < -0.3 is 15.0 Å². The number of methoxy groups -OCH3 is 1. The second kappa shape index (κ2) is 6.15. The van der Waals surface area contributed by atoms with Crippen LogP contribution in [0.4, 0.5) is 4.79 Å². The molecule has 23 heavy (non-hydrogen) atoms. The molecule has 128 valence electrons. The number of nitrogens with one attached hydrogen (secondary N) is 1. The van der Waals surface area contributed by atoms with Crippen LogP contribution in [0.5, 0.6) is 0 Å². The van der Waals surface area contributed by atoms with Crippen LogP contribution in [-0.4, -0.2) is 52.6 Å². The number of ether oxygens (including phenoxy) is 1. The highest BCUT2D eigenvalue weighted by Gasteiger charge is 2.44. The zero-order valence-electron chi connectivity index (χ0n) is 14.5. The number of urea groups is 1. The number of rotatable bonds is 2. The molecular formula is C17H28N4O2. The number of amides is 2. The van der Waals surface area contributed by atoms with Gasteiger partial charge in [0.25, 0.3) is 0 Å². The minimum Gasteiger partial charge on any atom is -0.379 e. The van der Waals surface area contributed by atoms with Crippen molar-refractivity contribution in [3.8, 4) is 0 Å². The zero-order valence-corrected chi connectivity index (χ0v) is 14.5. The first kappa shape index (κ1) is 16.3. The Kier molecular flexibility index (Phi) is 4.36. The first-order chi connectivity index (χ1) is 10.9. The van der Waals surface area contributed by atoms with E-state index in [0.717, 1.165) is 25.9 Å². The molecule has 0 unspecified atom stereocenters. The molecule has 0 radical (unpaired) electrons. The third-order valence-electron chi connectivity index (χ3n) is 5.02. The number of carbonyl (C=O) groups excluding carboxylic acids is 1. The molecule has 1 aromatic heterocycles. The van der Waals surface area contributed by atoms with E-state index >= 15 is 0 Å². The molecule has 1 aliphatic heterocycles. The minimum absolute atomic E-state index is 0.0523. The van der Waals surface area contributed by atoms with E-state index in [9.17, 15) is 4.79 Å². The normalized spacial score (nSPS) is 31.0.